The fourth-order valence-electron chi connectivity index (χ4n) is 18.7. The molecule has 32 nitrogen and oxygen atoms in total. The highest BCUT2D eigenvalue weighted by atomic mass is 32.2. The molecule has 1 aromatic carbocycles. The van der Waals surface area contributed by atoms with Gasteiger partial charge >= 0.3 is 6.09 Å². The number of likely N-dealkylation sites (tertiary alicyclic amines) is 1. The summed E-state index contributed by atoms with van der Waals surface area (Å²) >= 11 is 16.8. The van der Waals surface area contributed by atoms with Crippen molar-refractivity contribution in [2.24, 2.45) is 28.2 Å². The summed E-state index contributed by atoms with van der Waals surface area (Å²) in [5, 5.41) is 78.6. The molecule has 1 atom stereocenters. The fraction of sp³-hybridized carbons (Fsp3) is 0.333. The zero-order valence-corrected chi connectivity index (χ0v) is 95.7. The third kappa shape index (κ3) is 21.8. The summed E-state index contributed by atoms with van der Waals surface area (Å²) in [7, 11) is 5.30. The molecule has 0 spiro atoms. The van der Waals surface area contributed by atoms with Crippen molar-refractivity contribution in [3.8, 4) is 0 Å². The van der Waals surface area contributed by atoms with E-state index < -0.39 is 20.9 Å². The van der Waals surface area contributed by atoms with Gasteiger partial charge in [-0.15, -0.1) is 113 Å². The average molecular weight is 2210 g/mol. The number of rotatable bonds is 22. The molecule has 0 aliphatic carbocycles. The number of aryl methyl sites for hydroxylation is 18. The van der Waals surface area contributed by atoms with Gasteiger partial charge in [-0.2, -0.15) is 30.6 Å². The number of aliphatic hydroxyl groups is 2. The van der Waals surface area contributed by atoms with Crippen LogP contribution in [0.5, 0.6) is 0 Å². The van der Waals surface area contributed by atoms with E-state index in [1.807, 2.05) is 143 Å². The van der Waals surface area contributed by atoms with Gasteiger partial charge in [0.05, 0.1) is 147 Å². The van der Waals surface area contributed by atoms with E-state index in [9.17, 15) is 23.6 Å². The first-order valence-electron chi connectivity index (χ1n) is 48.3. The predicted molar refractivity (Wildman–Crippen MR) is 622 cm³/mol. The number of carbonyl (C=O) groups is 1. The second kappa shape index (κ2) is 43.0. The number of halogens is 1. The van der Waals surface area contributed by atoms with E-state index in [2.05, 4.69) is 201 Å². The number of benzene rings is 1. The lowest BCUT2D eigenvalue weighted by atomic mass is 10.1. The summed E-state index contributed by atoms with van der Waals surface area (Å²) in [6.07, 6.45) is 1.18. The maximum absolute atomic E-state index is 14.3. The molecule has 0 bridgehead atoms. The largest absolute Gasteiger partial charge is 0.444 e. The fourth-order valence-corrected chi connectivity index (χ4v) is 29.9. The van der Waals surface area contributed by atoms with Gasteiger partial charge in [-0.05, 0) is 243 Å². The number of carbonyl (C=O) groups excluding carboxylic acids is 1. The molecule has 1 fully saturated rings. The minimum absolute atomic E-state index is 0.0554. The van der Waals surface area contributed by atoms with Gasteiger partial charge in [0.15, 0.2) is 34.9 Å². The zero-order chi connectivity index (χ0) is 105. The number of aromatic nitrogens is 20. The van der Waals surface area contributed by atoms with Crippen LogP contribution >= 0.6 is 113 Å². The Morgan fingerprint density at radius 2 is 0.738 bits per heavy atom. The Kier molecular flexibility index (Phi) is 30.2. The van der Waals surface area contributed by atoms with Crippen molar-refractivity contribution in [1.82, 2.24) is 103 Å². The minimum atomic E-state index is -2.58. The van der Waals surface area contributed by atoms with Gasteiger partial charge < -0.3 is 51.8 Å². The Labute approximate surface area is 899 Å². The normalized spacial score (nSPS) is 12.7. The topological polar surface area (TPSA) is 369 Å². The van der Waals surface area contributed by atoms with Crippen LogP contribution in [0.15, 0.2) is 106 Å². The predicted octanol–water partition coefficient (Wildman–Crippen LogP) is 24.3. The third-order valence-corrected chi connectivity index (χ3v) is 36.6. The molecule has 149 heavy (non-hydrogen) atoms. The number of anilines is 6. The van der Waals surface area contributed by atoms with E-state index in [1.165, 1.54) is 102 Å². The van der Waals surface area contributed by atoms with E-state index in [4.69, 9.17) is 24.8 Å². The molecule has 8 N–H and O–H groups in total. The van der Waals surface area contributed by atoms with Gasteiger partial charge in [0.25, 0.3) is 0 Å². The van der Waals surface area contributed by atoms with Crippen molar-refractivity contribution in [2.45, 2.75) is 180 Å². The van der Waals surface area contributed by atoms with Crippen LogP contribution in [-0.4, -0.2) is 174 Å². The molecule has 44 heteroatoms. The van der Waals surface area contributed by atoms with Crippen molar-refractivity contribution in [3.63, 3.8) is 0 Å². The van der Waals surface area contributed by atoms with Crippen LogP contribution in [-0.2, 0) is 88.3 Å². The van der Waals surface area contributed by atoms with Crippen LogP contribution in [0.4, 0.5) is 44.1 Å². The molecule has 22 aromatic heterocycles. The summed E-state index contributed by atoms with van der Waals surface area (Å²) in [4.78, 5) is 62.0. The highest BCUT2D eigenvalue weighted by Crippen LogP contribution is 2.47. The molecule has 24 rings (SSSR count). The van der Waals surface area contributed by atoms with Crippen LogP contribution in [0.2, 0.25) is 0 Å². The number of nitrogens with zero attached hydrogens (tertiary/aromatic N) is 21. The highest BCUT2D eigenvalue weighted by molar-refractivity contribution is 7.99. The number of ether oxygens (including phenoxy) is 1. The minimum Gasteiger partial charge on any atom is -0.444 e. The van der Waals surface area contributed by atoms with Crippen LogP contribution in [0, 0.1) is 103 Å². The Hall–Kier alpha value is -12.7. The Morgan fingerprint density at radius 3 is 1.04 bits per heavy atom. The van der Waals surface area contributed by atoms with E-state index in [0.717, 1.165) is 192 Å². The zero-order valence-electron chi connectivity index (χ0n) is 86.8. The maximum atomic E-state index is 14.3. The Morgan fingerprint density at radius 1 is 0.430 bits per heavy atom. The monoisotopic (exact) mass is 2210 g/mol. The number of thiazole rings is 2. The molecule has 1 unspecified atom stereocenters. The number of hydrogen-bond acceptors (Lipinski definition) is 35. The summed E-state index contributed by atoms with van der Waals surface area (Å²) in [6, 6.07) is 25.9. The Bertz CT molecular complexity index is 9110. The molecule has 774 valence electrons. The SMILES string of the molecule is C=S(C)(=O)c1ccc(CNc2nn(C)c3c2sc2nc(C)cc(C)c23)cc1F.Cc1cc(C)c2c(n1)sc1c(NC3CN(C(=O)OC(C)(C)C)C3)nn(C)c12.Cc1cc(C)c2c(n1)sc1c(NCc3cccs3)nn(C)c12.Cc1cc(C)c2c(n1)sc1c(NCc3cccs3)nn(CCO)c12.Cc1cc(C)c2c(n1)sc1c(NCc3scnc3C)nn(C)c12.Cc1cc(C)c2c(n1)sc1c(NCc3scnc3C)nn(CCO)c12. The van der Waals surface area contributed by atoms with Crippen molar-refractivity contribution in [1.29, 1.82) is 0 Å². The standard InChI is InChI=1S/C20H21FN4OS2.C19H25N5O2S.C17H19N5OS2.C17H18N4OS2.C16H17N5S2.C16H16N4S2/c1-11-8-12(2)23-20-16(11)17-18(27-20)19(24-25(17)3)22-10-13-6-7-15(14(21)9-13)28(4,5)26;1-10-7-11(2)20-17-13(10)14-15(27-17)16(22-23(14)6)21-12-8-24(9-12)18(25)26-19(3,4)5;1-9-6-10(2)20-17-13(9)14-15(25-17)16(21-22(14)4-5-23)18-7-12-11(3)19-8-24-12;1-10-8-11(2)19-17-13(10)14-15(24-17)16(20-21(14)5-6-22)18-9-12-4-3-7-23-12;1-8-5-9(2)19-16-12(8)13-14(23-16)15(20-21(13)4)17-6-11-10(3)18-7-22-11;1-9-7-10(2)18-16-12(9)13-14(22-16)15(19-20(13)3)17-8-11-5-4-6-21-11/h6-9H,4,10H2,1-3,5H3,(H,22,24);7,12H,8-9H2,1-6H3,(H,21,22);6,8,23H,4-5,7H2,1-3H3,(H,18,21);3-4,7-8,22H,5-6,9H2,1-2H3,(H,18,20);5,7H,6H2,1-4H3,(H,17,20);4-7H,8H2,1-3H3,(H,17,19). The number of fused-ring (bicyclic) bond motifs is 18. The van der Waals surface area contributed by atoms with E-state index >= 15 is 0 Å². The molecule has 1 saturated heterocycles. The van der Waals surface area contributed by atoms with Gasteiger partial charge in [0, 0.05) is 140 Å². The first-order chi connectivity index (χ1) is 71.2. The second-order valence-corrected chi connectivity index (χ2v) is 50.8. The molecule has 1 amide bonds. The van der Waals surface area contributed by atoms with Gasteiger partial charge in [-0.25, -0.2) is 49.1 Å². The van der Waals surface area contributed by atoms with Crippen LogP contribution in [0.1, 0.15) is 125 Å². The summed E-state index contributed by atoms with van der Waals surface area (Å²) in [5.74, 6) is 8.25. The molecule has 0 saturated carbocycles. The van der Waals surface area contributed by atoms with Crippen molar-refractivity contribution >= 4 is 292 Å². The number of amides is 1. The van der Waals surface area contributed by atoms with E-state index in [1.54, 1.807) is 130 Å². The molecule has 0 radical (unpaired) electrons. The van der Waals surface area contributed by atoms with Gasteiger partial charge in [0.2, 0.25) is 0 Å². The number of thiophene rings is 8. The second-order valence-electron chi connectivity index (χ2n) is 38.4. The number of hydrogen-bond donors (Lipinski definition) is 8. The van der Waals surface area contributed by atoms with E-state index in [-0.39, 0.29) is 30.2 Å². The molecule has 1 aliphatic heterocycles. The van der Waals surface area contributed by atoms with Gasteiger partial charge in [-0.3, -0.25) is 32.3 Å². The van der Waals surface area contributed by atoms with Gasteiger partial charge in [-0.1, -0.05) is 18.2 Å². The lowest BCUT2D eigenvalue weighted by molar-refractivity contribution is 0.0104. The number of nitrogens with one attached hydrogen (secondary N) is 6. The van der Waals surface area contributed by atoms with Crippen LogP contribution in [0.3, 0.4) is 0 Å². The number of aliphatic hydroxyl groups excluding tert-OH is 2. The first kappa shape index (κ1) is 105. The molecular formula is C105H116FN27O5S11. The summed E-state index contributed by atoms with van der Waals surface area (Å²) in [6.45, 7) is 40.3. The van der Waals surface area contributed by atoms with Gasteiger partial charge in [0.1, 0.15) is 40.4 Å². The molecule has 1 aliphatic rings. The van der Waals surface area contributed by atoms with Crippen molar-refractivity contribution in [3.05, 3.63) is 210 Å². The lowest BCUT2D eigenvalue weighted by Crippen LogP contribution is -2.58. The van der Waals surface area contributed by atoms with E-state index in [0.29, 0.717) is 39.3 Å². The maximum Gasteiger partial charge on any atom is 0.410 e. The smallest absolute Gasteiger partial charge is 0.410 e. The average Bonchev–Trinajstić information content (AvgIpc) is 1.61. The van der Waals surface area contributed by atoms with Crippen LogP contribution in [0.25, 0.3) is 123 Å². The quantitative estimate of drug-likeness (QED) is 0.0292. The third-order valence-electron chi connectivity index (χ3n) is 25.3. The van der Waals surface area contributed by atoms with Crippen molar-refractivity contribution in [2.75, 3.05) is 64.5 Å². The molecular weight excluding hydrogens is 2090 g/mol. The summed E-state index contributed by atoms with van der Waals surface area (Å²) in [5.41, 5.74) is 26.3. The number of pyridine rings is 6. The lowest BCUT2D eigenvalue weighted by Gasteiger charge is -2.40. The van der Waals surface area contributed by atoms with Crippen molar-refractivity contribution < 1.29 is 28.3 Å². The molecule has 23 heterocycles. The first-order valence-corrected chi connectivity index (χ1v) is 58.8. The Balaban J connectivity index is 0.000000112. The summed E-state index contributed by atoms with van der Waals surface area (Å²) < 4.78 is 49.9. The van der Waals surface area contributed by atoms with Crippen LogP contribution < -0.4 is 31.9 Å². The highest BCUT2D eigenvalue weighted by Gasteiger charge is 2.36. The molecule has 23 aromatic rings.